The van der Waals surface area contributed by atoms with Crippen LogP contribution >= 0.6 is 0 Å². The summed E-state index contributed by atoms with van der Waals surface area (Å²) in [7, 11) is 0. The molecule has 4 N–H and O–H groups in total. The number of benzene rings is 1. The molecule has 0 bridgehead atoms. The van der Waals surface area contributed by atoms with E-state index in [1.807, 2.05) is 19.9 Å². The monoisotopic (exact) mass is 244 g/mol. The molecule has 0 atom stereocenters. The van der Waals surface area contributed by atoms with E-state index < -0.39 is 0 Å². The Morgan fingerprint density at radius 1 is 1.33 bits per heavy atom. The van der Waals surface area contributed by atoms with E-state index >= 15 is 0 Å². The van der Waals surface area contributed by atoms with Gasteiger partial charge in [-0.25, -0.2) is 0 Å². The number of hydrogen-bond donors (Lipinski definition) is 2. The van der Waals surface area contributed by atoms with Crippen molar-refractivity contribution in [3.63, 3.8) is 0 Å². The van der Waals surface area contributed by atoms with Crippen LogP contribution in [0.3, 0.4) is 0 Å². The van der Waals surface area contributed by atoms with E-state index in [0.717, 1.165) is 24.2 Å². The van der Waals surface area contributed by atoms with Crippen molar-refractivity contribution in [2.45, 2.75) is 40.5 Å². The van der Waals surface area contributed by atoms with Crippen molar-refractivity contribution in [3.8, 4) is 0 Å². The van der Waals surface area contributed by atoms with Crippen molar-refractivity contribution < 1.29 is 0 Å². The summed E-state index contributed by atoms with van der Waals surface area (Å²) in [6, 6.07) is 6.11. The second-order valence-electron chi connectivity index (χ2n) is 4.32. The van der Waals surface area contributed by atoms with E-state index in [1.54, 1.807) is 0 Å². The normalized spacial score (nSPS) is 14.1. The first-order valence-corrected chi connectivity index (χ1v) is 6.66. The maximum absolute atomic E-state index is 5.88. The number of anilines is 1. The maximum Gasteiger partial charge on any atom is 0.0317 e. The lowest BCUT2D eigenvalue weighted by Gasteiger charge is -2.01. The SMILES string of the molecule is CC.CC/C(N)=C\C1=C(C)c2ccc(N)cc2C1. The van der Waals surface area contributed by atoms with Gasteiger partial charge in [0.2, 0.25) is 0 Å². The van der Waals surface area contributed by atoms with Crippen LogP contribution in [0.25, 0.3) is 5.57 Å². The molecular weight excluding hydrogens is 220 g/mol. The number of fused-ring (bicyclic) bond motifs is 1. The van der Waals surface area contributed by atoms with Crippen LogP contribution in [-0.4, -0.2) is 0 Å². The molecule has 0 aromatic heterocycles. The first-order chi connectivity index (χ1) is 8.61. The second-order valence-corrected chi connectivity index (χ2v) is 4.32. The average Bonchev–Trinajstić information content (AvgIpc) is 2.68. The Kier molecular flexibility index (Phi) is 5.02. The Balaban J connectivity index is 0.000000771. The Bertz CT molecular complexity index is 482. The Morgan fingerprint density at radius 3 is 2.61 bits per heavy atom. The van der Waals surface area contributed by atoms with Gasteiger partial charge in [-0.05, 0) is 60.2 Å². The average molecular weight is 244 g/mol. The number of allylic oxidation sites excluding steroid dienone is 4. The van der Waals surface area contributed by atoms with Gasteiger partial charge in [0.1, 0.15) is 0 Å². The molecule has 1 aliphatic carbocycles. The minimum atomic E-state index is 0.834. The summed E-state index contributed by atoms with van der Waals surface area (Å²) in [4.78, 5) is 0. The van der Waals surface area contributed by atoms with Gasteiger partial charge < -0.3 is 11.5 Å². The van der Waals surface area contributed by atoms with Crippen molar-refractivity contribution in [1.29, 1.82) is 0 Å². The van der Waals surface area contributed by atoms with Crippen molar-refractivity contribution in [1.82, 2.24) is 0 Å². The van der Waals surface area contributed by atoms with Gasteiger partial charge in [-0.2, -0.15) is 0 Å². The molecule has 0 radical (unpaired) electrons. The fraction of sp³-hybridized carbons (Fsp3) is 0.375. The molecule has 0 saturated carbocycles. The summed E-state index contributed by atoms with van der Waals surface area (Å²) >= 11 is 0. The molecule has 0 fully saturated rings. The highest BCUT2D eigenvalue weighted by Gasteiger charge is 2.16. The van der Waals surface area contributed by atoms with Crippen LogP contribution in [0.15, 0.2) is 35.5 Å². The van der Waals surface area contributed by atoms with Gasteiger partial charge in [-0.1, -0.05) is 26.8 Å². The second kappa shape index (κ2) is 6.29. The van der Waals surface area contributed by atoms with Gasteiger partial charge in [-0.15, -0.1) is 0 Å². The number of rotatable bonds is 2. The topological polar surface area (TPSA) is 52.0 Å². The predicted octanol–water partition coefficient (Wildman–Crippen LogP) is 3.88. The van der Waals surface area contributed by atoms with E-state index in [4.69, 9.17) is 11.5 Å². The van der Waals surface area contributed by atoms with Gasteiger partial charge in [0, 0.05) is 11.4 Å². The molecule has 0 amide bonds. The summed E-state index contributed by atoms with van der Waals surface area (Å²) < 4.78 is 0. The maximum atomic E-state index is 5.88. The van der Waals surface area contributed by atoms with E-state index in [0.29, 0.717) is 0 Å². The smallest absolute Gasteiger partial charge is 0.0317 e. The molecular formula is C16H24N2. The Labute approximate surface area is 110 Å². The minimum absolute atomic E-state index is 0.834. The van der Waals surface area contributed by atoms with Gasteiger partial charge in [0.25, 0.3) is 0 Å². The summed E-state index contributed by atoms with van der Waals surface area (Å²) in [6.07, 6.45) is 3.95. The van der Waals surface area contributed by atoms with Crippen molar-refractivity contribution in [2.24, 2.45) is 5.73 Å². The molecule has 2 rings (SSSR count). The van der Waals surface area contributed by atoms with Gasteiger partial charge in [-0.3, -0.25) is 0 Å². The van der Waals surface area contributed by atoms with Gasteiger partial charge in [0.05, 0.1) is 0 Å². The quantitative estimate of drug-likeness (QED) is 0.776. The van der Waals surface area contributed by atoms with E-state index in [9.17, 15) is 0 Å². The first kappa shape index (κ1) is 14.4. The van der Waals surface area contributed by atoms with Crippen LogP contribution in [0.2, 0.25) is 0 Å². The molecule has 2 heteroatoms. The highest BCUT2D eigenvalue weighted by molar-refractivity contribution is 5.78. The summed E-state index contributed by atoms with van der Waals surface area (Å²) in [5.41, 5.74) is 18.7. The highest BCUT2D eigenvalue weighted by atomic mass is 14.6. The van der Waals surface area contributed by atoms with Crippen molar-refractivity contribution >= 4 is 11.3 Å². The lowest BCUT2D eigenvalue weighted by molar-refractivity contribution is 1.06. The first-order valence-electron chi connectivity index (χ1n) is 6.66. The van der Waals surface area contributed by atoms with Crippen LogP contribution in [0, 0.1) is 0 Å². The van der Waals surface area contributed by atoms with Crippen LogP contribution < -0.4 is 11.5 Å². The van der Waals surface area contributed by atoms with Crippen molar-refractivity contribution in [3.05, 3.63) is 46.7 Å². The van der Waals surface area contributed by atoms with Crippen molar-refractivity contribution in [2.75, 3.05) is 5.73 Å². The Morgan fingerprint density at radius 2 is 2.00 bits per heavy atom. The van der Waals surface area contributed by atoms with Gasteiger partial charge in [0.15, 0.2) is 0 Å². The number of nitrogens with two attached hydrogens (primary N) is 2. The fourth-order valence-corrected chi connectivity index (χ4v) is 2.12. The largest absolute Gasteiger partial charge is 0.402 e. The molecule has 0 saturated heterocycles. The summed E-state index contributed by atoms with van der Waals surface area (Å²) in [5, 5.41) is 0. The Hall–Kier alpha value is -1.70. The van der Waals surface area contributed by atoms with Crippen LogP contribution in [-0.2, 0) is 6.42 Å². The van der Waals surface area contributed by atoms with Crippen LogP contribution in [0.5, 0.6) is 0 Å². The third kappa shape index (κ3) is 2.95. The molecule has 2 nitrogen and oxygen atoms in total. The zero-order chi connectivity index (χ0) is 13.7. The third-order valence-corrected chi connectivity index (χ3v) is 3.16. The van der Waals surface area contributed by atoms with E-state index in [-0.39, 0.29) is 0 Å². The minimum Gasteiger partial charge on any atom is -0.402 e. The molecule has 1 aromatic rings. The van der Waals surface area contributed by atoms with E-state index in [2.05, 4.69) is 32.1 Å². The standard InChI is InChI=1S/C14H18N2.C2H6/c1-3-12(15)7-10-6-11-8-13(16)4-5-14(11)9(10)2;1-2/h4-5,7-8H,3,6,15-16H2,1-2H3;1-2H3/b12-7+;. The molecule has 0 aliphatic heterocycles. The summed E-state index contributed by atoms with van der Waals surface area (Å²) in [5.74, 6) is 0. The third-order valence-electron chi connectivity index (χ3n) is 3.16. The zero-order valence-corrected chi connectivity index (χ0v) is 11.9. The number of hydrogen-bond acceptors (Lipinski definition) is 2. The van der Waals surface area contributed by atoms with Crippen LogP contribution in [0.4, 0.5) is 5.69 Å². The molecule has 98 valence electrons. The highest BCUT2D eigenvalue weighted by Crippen LogP contribution is 2.34. The van der Waals surface area contributed by atoms with Gasteiger partial charge >= 0.3 is 0 Å². The van der Waals surface area contributed by atoms with Crippen LogP contribution in [0.1, 0.15) is 45.2 Å². The van der Waals surface area contributed by atoms with E-state index in [1.165, 1.54) is 22.3 Å². The lowest BCUT2D eigenvalue weighted by atomic mass is 10.1. The lowest BCUT2D eigenvalue weighted by Crippen LogP contribution is -1.96. The summed E-state index contributed by atoms with van der Waals surface area (Å²) in [6.45, 7) is 8.22. The molecule has 18 heavy (non-hydrogen) atoms. The molecule has 1 aliphatic rings. The predicted molar refractivity (Wildman–Crippen MR) is 81.1 cm³/mol. The fourth-order valence-electron chi connectivity index (χ4n) is 2.12. The molecule has 0 spiro atoms. The molecule has 0 heterocycles. The molecule has 0 unspecified atom stereocenters. The zero-order valence-electron chi connectivity index (χ0n) is 11.9. The number of nitrogen functional groups attached to an aromatic ring is 1. The molecule has 1 aromatic carbocycles.